The van der Waals surface area contributed by atoms with Gasteiger partial charge in [-0.3, -0.25) is 0 Å². The number of hydrogen-bond donors (Lipinski definition) is 1. The predicted octanol–water partition coefficient (Wildman–Crippen LogP) is 4.58. The maximum atomic E-state index is 12.8. The Morgan fingerprint density at radius 2 is 1.95 bits per heavy atom. The van der Waals surface area contributed by atoms with Crippen LogP contribution in [0.25, 0.3) is 0 Å². The molecule has 0 bridgehead atoms. The van der Waals surface area contributed by atoms with Crippen LogP contribution in [0.1, 0.15) is 10.4 Å². The number of anilines is 1. The molecule has 102 valence electrons. The normalized spacial score (nSPS) is 11.6. The zero-order valence-electron chi connectivity index (χ0n) is 9.50. The van der Waals surface area contributed by atoms with Crippen LogP contribution in [0.3, 0.4) is 0 Å². The summed E-state index contributed by atoms with van der Waals surface area (Å²) in [4.78, 5) is 0.745. The fraction of sp³-hybridized carbons (Fsp3) is 0.167. The molecular formula is C12H9ClF3NOS. The summed E-state index contributed by atoms with van der Waals surface area (Å²) in [6, 6.07) is 6.81. The van der Waals surface area contributed by atoms with Crippen LogP contribution >= 0.6 is 22.9 Å². The minimum absolute atomic E-state index is 0.0321. The van der Waals surface area contributed by atoms with E-state index in [2.05, 4.69) is 0 Å². The van der Waals surface area contributed by atoms with E-state index in [0.29, 0.717) is 4.34 Å². The highest BCUT2D eigenvalue weighted by Crippen LogP contribution is 2.37. The molecule has 0 amide bonds. The van der Waals surface area contributed by atoms with Crippen LogP contribution in [0, 0.1) is 0 Å². The van der Waals surface area contributed by atoms with Gasteiger partial charge in [0.15, 0.2) is 0 Å². The molecule has 0 fully saturated rings. The van der Waals surface area contributed by atoms with E-state index in [1.54, 1.807) is 12.1 Å². The van der Waals surface area contributed by atoms with Crippen molar-refractivity contribution in [3.8, 4) is 5.75 Å². The average Bonchev–Trinajstić information content (AvgIpc) is 2.72. The van der Waals surface area contributed by atoms with Gasteiger partial charge in [-0.2, -0.15) is 13.2 Å². The molecule has 0 spiro atoms. The standard InChI is InChI=1S/C12H9ClF3NOS/c13-11-4-2-8(19-11)6-18-10-3-1-7(17)5-9(10)12(14,15)16/h1-5H,6,17H2. The van der Waals surface area contributed by atoms with Crippen LogP contribution < -0.4 is 10.5 Å². The molecule has 1 aromatic heterocycles. The molecule has 0 atom stereocenters. The minimum Gasteiger partial charge on any atom is -0.487 e. The second-order valence-electron chi connectivity index (χ2n) is 3.75. The Hall–Kier alpha value is -1.40. The summed E-state index contributed by atoms with van der Waals surface area (Å²) in [5, 5.41) is 0. The Bertz CT molecular complexity index is 583. The molecule has 0 aliphatic rings. The number of benzene rings is 1. The van der Waals surface area contributed by atoms with E-state index < -0.39 is 11.7 Å². The quantitative estimate of drug-likeness (QED) is 0.842. The predicted molar refractivity (Wildman–Crippen MR) is 69.5 cm³/mol. The first-order chi connectivity index (χ1) is 8.86. The fourth-order valence-corrected chi connectivity index (χ4v) is 2.47. The Morgan fingerprint density at radius 1 is 1.21 bits per heavy atom. The second kappa shape index (κ2) is 5.30. The molecule has 2 N–H and O–H groups in total. The zero-order valence-corrected chi connectivity index (χ0v) is 11.1. The number of hydrogen-bond acceptors (Lipinski definition) is 3. The van der Waals surface area contributed by atoms with Crippen LogP contribution in [0.4, 0.5) is 18.9 Å². The molecule has 2 nitrogen and oxygen atoms in total. The van der Waals surface area contributed by atoms with Gasteiger partial charge < -0.3 is 10.5 Å². The molecule has 0 saturated heterocycles. The molecule has 2 rings (SSSR count). The summed E-state index contributed by atoms with van der Waals surface area (Å²) in [6.07, 6.45) is -4.50. The molecule has 0 radical (unpaired) electrons. The largest absolute Gasteiger partial charge is 0.487 e. The molecule has 0 aliphatic carbocycles. The highest BCUT2D eigenvalue weighted by molar-refractivity contribution is 7.16. The highest BCUT2D eigenvalue weighted by Gasteiger charge is 2.34. The second-order valence-corrected chi connectivity index (χ2v) is 5.55. The third-order valence-electron chi connectivity index (χ3n) is 2.31. The van der Waals surface area contributed by atoms with Crippen molar-refractivity contribution in [3.05, 3.63) is 45.1 Å². The van der Waals surface area contributed by atoms with Crippen LogP contribution in [-0.4, -0.2) is 0 Å². The summed E-state index contributed by atoms with van der Waals surface area (Å²) in [7, 11) is 0. The summed E-state index contributed by atoms with van der Waals surface area (Å²) >= 11 is 6.99. The lowest BCUT2D eigenvalue weighted by molar-refractivity contribution is -0.139. The van der Waals surface area contributed by atoms with E-state index in [1.807, 2.05) is 0 Å². The van der Waals surface area contributed by atoms with Gasteiger partial charge in [0, 0.05) is 10.6 Å². The van der Waals surface area contributed by atoms with Crippen molar-refractivity contribution < 1.29 is 17.9 Å². The van der Waals surface area contributed by atoms with E-state index >= 15 is 0 Å². The van der Waals surface area contributed by atoms with E-state index in [4.69, 9.17) is 22.1 Å². The SMILES string of the molecule is Nc1ccc(OCc2ccc(Cl)s2)c(C(F)(F)F)c1. The van der Waals surface area contributed by atoms with Gasteiger partial charge in [-0.1, -0.05) is 11.6 Å². The van der Waals surface area contributed by atoms with Crippen molar-refractivity contribution in [2.24, 2.45) is 0 Å². The lowest BCUT2D eigenvalue weighted by atomic mass is 10.1. The molecule has 2 aromatic rings. The molecular weight excluding hydrogens is 299 g/mol. The maximum Gasteiger partial charge on any atom is 0.420 e. The Labute approximate surface area is 116 Å². The zero-order chi connectivity index (χ0) is 14.0. The maximum absolute atomic E-state index is 12.8. The Morgan fingerprint density at radius 3 is 2.53 bits per heavy atom. The molecule has 19 heavy (non-hydrogen) atoms. The molecule has 0 saturated carbocycles. The van der Waals surface area contributed by atoms with Crippen molar-refractivity contribution in [2.45, 2.75) is 12.8 Å². The first-order valence-electron chi connectivity index (χ1n) is 5.20. The first-order valence-corrected chi connectivity index (χ1v) is 6.39. The van der Waals surface area contributed by atoms with Crippen molar-refractivity contribution in [1.82, 2.24) is 0 Å². The van der Waals surface area contributed by atoms with Crippen molar-refractivity contribution >= 4 is 28.6 Å². The minimum atomic E-state index is -4.50. The van der Waals surface area contributed by atoms with Gasteiger partial charge in [0.25, 0.3) is 0 Å². The number of alkyl halides is 3. The van der Waals surface area contributed by atoms with Gasteiger partial charge in [-0.15, -0.1) is 11.3 Å². The molecule has 1 heterocycles. The monoisotopic (exact) mass is 307 g/mol. The third-order valence-corrected chi connectivity index (χ3v) is 3.51. The number of nitrogens with two attached hydrogens (primary N) is 1. The Kier molecular flexibility index (Phi) is 3.91. The van der Waals surface area contributed by atoms with Crippen molar-refractivity contribution in [2.75, 3.05) is 5.73 Å². The first kappa shape index (κ1) is 14.0. The van der Waals surface area contributed by atoms with Gasteiger partial charge in [0.1, 0.15) is 12.4 Å². The summed E-state index contributed by atoms with van der Waals surface area (Å²) in [5.74, 6) is -0.244. The smallest absolute Gasteiger partial charge is 0.420 e. The van der Waals surface area contributed by atoms with Gasteiger partial charge in [0.05, 0.1) is 9.90 Å². The summed E-state index contributed by atoms with van der Waals surface area (Å²) in [5.41, 5.74) is 4.52. The summed E-state index contributed by atoms with van der Waals surface area (Å²) < 4.78 is 44.2. The van der Waals surface area contributed by atoms with E-state index in [-0.39, 0.29) is 18.0 Å². The van der Waals surface area contributed by atoms with Gasteiger partial charge in [0.2, 0.25) is 0 Å². The molecule has 7 heteroatoms. The highest BCUT2D eigenvalue weighted by atomic mass is 35.5. The van der Waals surface area contributed by atoms with Gasteiger partial charge in [-0.25, -0.2) is 0 Å². The van der Waals surface area contributed by atoms with E-state index in [0.717, 1.165) is 10.9 Å². The van der Waals surface area contributed by atoms with Crippen LogP contribution in [0.5, 0.6) is 5.75 Å². The number of ether oxygens (including phenoxy) is 1. The topological polar surface area (TPSA) is 35.2 Å². The van der Waals surface area contributed by atoms with Crippen LogP contribution in [-0.2, 0) is 12.8 Å². The number of nitrogen functional groups attached to an aromatic ring is 1. The third kappa shape index (κ3) is 3.54. The lowest BCUT2D eigenvalue weighted by Gasteiger charge is -2.14. The number of rotatable bonds is 3. The van der Waals surface area contributed by atoms with Crippen molar-refractivity contribution in [3.63, 3.8) is 0 Å². The molecule has 1 aromatic carbocycles. The van der Waals surface area contributed by atoms with Crippen molar-refractivity contribution in [1.29, 1.82) is 0 Å². The average molecular weight is 308 g/mol. The molecule has 0 aliphatic heterocycles. The van der Waals surface area contributed by atoms with E-state index in [9.17, 15) is 13.2 Å². The molecule has 0 unspecified atom stereocenters. The number of thiophene rings is 1. The van der Waals surface area contributed by atoms with Gasteiger partial charge in [-0.05, 0) is 30.3 Å². The lowest BCUT2D eigenvalue weighted by Crippen LogP contribution is -2.09. The van der Waals surface area contributed by atoms with E-state index in [1.165, 1.54) is 23.5 Å². The van der Waals surface area contributed by atoms with Crippen LogP contribution in [0.2, 0.25) is 4.34 Å². The van der Waals surface area contributed by atoms with Crippen LogP contribution in [0.15, 0.2) is 30.3 Å². The Balaban J connectivity index is 2.20. The summed E-state index contributed by atoms with van der Waals surface area (Å²) in [6.45, 7) is 0.0321. The fourth-order valence-electron chi connectivity index (χ4n) is 1.47. The number of halogens is 4. The van der Waals surface area contributed by atoms with Gasteiger partial charge >= 0.3 is 6.18 Å².